The molecule has 6 aromatic rings. The molecule has 0 spiro atoms. The van der Waals surface area contributed by atoms with E-state index in [1.165, 1.54) is 55.6 Å². The van der Waals surface area contributed by atoms with E-state index in [2.05, 4.69) is 170 Å². The molecule has 0 nitrogen and oxygen atoms in total. The first-order valence-corrected chi connectivity index (χ1v) is 13.7. The van der Waals surface area contributed by atoms with Gasteiger partial charge in [0.1, 0.15) is 0 Å². The predicted octanol–water partition coefficient (Wildman–Crippen LogP) is 11.0. The van der Waals surface area contributed by atoms with Crippen LogP contribution in [0.1, 0.15) is 22.3 Å². The van der Waals surface area contributed by atoms with Crippen LogP contribution in [0.15, 0.2) is 158 Å². The third kappa shape index (κ3) is 5.93. The Morgan fingerprint density at radius 2 is 0.575 bits per heavy atom. The second-order valence-electron chi connectivity index (χ2n) is 9.82. The van der Waals surface area contributed by atoms with Gasteiger partial charge in [0.2, 0.25) is 0 Å². The van der Waals surface area contributed by atoms with E-state index in [4.69, 9.17) is 0 Å². The molecular formula is C40H30. The van der Waals surface area contributed by atoms with Crippen molar-refractivity contribution in [1.82, 2.24) is 0 Å². The first-order chi connectivity index (χ1) is 19.8. The molecule has 0 heteroatoms. The first-order valence-electron chi connectivity index (χ1n) is 13.7. The molecule has 6 rings (SSSR count). The molecule has 6 aromatic carbocycles. The van der Waals surface area contributed by atoms with E-state index in [0.29, 0.717) is 0 Å². The highest BCUT2D eigenvalue weighted by atomic mass is 14.1. The van der Waals surface area contributed by atoms with Gasteiger partial charge in [-0.3, -0.25) is 0 Å². The monoisotopic (exact) mass is 510 g/mol. The SMILES string of the molecule is C(=Cc1ccccc1-c1ccc(-c2ccc(-c3ccccc3C=Cc3ccccc3)cc2)cc1)c1ccccc1. The van der Waals surface area contributed by atoms with E-state index in [0.717, 1.165) is 0 Å². The molecule has 0 heterocycles. The van der Waals surface area contributed by atoms with Crippen LogP contribution in [0, 0.1) is 0 Å². The van der Waals surface area contributed by atoms with Crippen molar-refractivity contribution in [3.63, 3.8) is 0 Å². The van der Waals surface area contributed by atoms with Gasteiger partial charge in [0, 0.05) is 0 Å². The summed E-state index contributed by atoms with van der Waals surface area (Å²) >= 11 is 0. The van der Waals surface area contributed by atoms with Gasteiger partial charge >= 0.3 is 0 Å². The van der Waals surface area contributed by atoms with Gasteiger partial charge in [0.05, 0.1) is 0 Å². The van der Waals surface area contributed by atoms with Crippen LogP contribution in [-0.4, -0.2) is 0 Å². The minimum Gasteiger partial charge on any atom is -0.0622 e. The fourth-order valence-electron chi connectivity index (χ4n) is 5.00. The zero-order chi connectivity index (χ0) is 27.0. The normalized spacial score (nSPS) is 11.3. The van der Waals surface area contributed by atoms with Gasteiger partial charge < -0.3 is 0 Å². The van der Waals surface area contributed by atoms with Crippen molar-refractivity contribution >= 4 is 24.3 Å². The van der Waals surface area contributed by atoms with Gasteiger partial charge in [-0.05, 0) is 55.6 Å². The fraction of sp³-hybridized carbons (Fsp3) is 0. The minimum absolute atomic E-state index is 1.20. The van der Waals surface area contributed by atoms with Crippen LogP contribution < -0.4 is 0 Å². The van der Waals surface area contributed by atoms with Crippen LogP contribution in [0.3, 0.4) is 0 Å². The summed E-state index contributed by atoms with van der Waals surface area (Å²) in [7, 11) is 0. The van der Waals surface area contributed by atoms with Crippen LogP contribution >= 0.6 is 0 Å². The predicted molar refractivity (Wildman–Crippen MR) is 173 cm³/mol. The number of rotatable bonds is 7. The Bertz CT molecular complexity index is 1600. The van der Waals surface area contributed by atoms with Gasteiger partial charge in [-0.25, -0.2) is 0 Å². The first kappa shape index (κ1) is 25.1. The third-order valence-electron chi connectivity index (χ3n) is 7.16. The van der Waals surface area contributed by atoms with Crippen molar-refractivity contribution in [1.29, 1.82) is 0 Å². The molecule has 0 N–H and O–H groups in total. The Balaban J connectivity index is 1.22. The van der Waals surface area contributed by atoms with Crippen molar-refractivity contribution in [2.24, 2.45) is 0 Å². The van der Waals surface area contributed by atoms with Crippen LogP contribution in [-0.2, 0) is 0 Å². The molecule has 0 aromatic heterocycles. The Morgan fingerprint density at radius 1 is 0.250 bits per heavy atom. The molecular weight excluding hydrogens is 480 g/mol. The minimum atomic E-state index is 1.20. The molecule has 0 unspecified atom stereocenters. The number of hydrogen-bond acceptors (Lipinski definition) is 0. The maximum Gasteiger partial charge on any atom is -0.0111 e. The van der Waals surface area contributed by atoms with Gasteiger partial charge in [-0.2, -0.15) is 0 Å². The summed E-state index contributed by atoms with van der Waals surface area (Å²) in [6, 6.07) is 55.8. The molecule has 40 heavy (non-hydrogen) atoms. The largest absolute Gasteiger partial charge is 0.0622 e. The molecule has 0 saturated carbocycles. The van der Waals surface area contributed by atoms with E-state index in [9.17, 15) is 0 Å². The average molecular weight is 511 g/mol. The van der Waals surface area contributed by atoms with Crippen LogP contribution in [0.4, 0.5) is 0 Å². The van der Waals surface area contributed by atoms with Crippen molar-refractivity contribution in [2.75, 3.05) is 0 Å². The molecule has 0 bridgehead atoms. The molecule has 0 amide bonds. The lowest BCUT2D eigenvalue weighted by atomic mass is 9.94. The molecule has 0 fully saturated rings. The van der Waals surface area contributed by atoms with Crippen LogP contribution in [0.25, 0.3) is 57.7 Å². The standard InChI is InChI=1S/C40H30/c1-3-11-31(12-4-1)19-21-35-15-7-9-17-39(35)37-27-23-33(24-28-37)34-25-29-38(30-26-34)40-18-10-8-16-36(40)22-20-32-13-5-2-6-14-32/h1-30H. The summed E-state index contributed by atoms with van der Waals surface area (Å²) < 4.78 is 0. The van der Waals surface area contributed by atoms with E-state index in [1.807, 2.05) is 12.1 Å². The summed E-state index contributed by atoms with van der Waals surface area (Å²) in [6.07, 6.45) is 8.74. The number of benzene rings is 6. The lowest BCUT2D eigenvalue weighted by molar-refractivity contribution is 1.56. The summed E-state index contributed by atoms with van der Waals surface area (Å²) in [6.45, 7) is 0. The summed E-state index contributed by atoms with van der Waals surface area (Å²) in [4.78, 5) is 0. The van der Waals surface area contributed by atoms with E-state index in [1.54, 1.807) is 0 Å². The third-order valence-corrected chi connectivity index (χ3v) is 7.16. The molecule has 0 aliphatic rings. The van der Waals surface area contributed by atoms with Crippen LogP contribution in [0.5, 0.6) is 0 Å². The highest BCUT2D eigenvalue weighted by Gasteiger charge is 2.06. The Hall–Kier alpha value is -5.20. The summed E-state index contributed by atoms with van der Waals surface area (Å²) in [5, 5.41) is 0. The molecule has 0 aliphatic carbocycles. The Morgan fingerprint density at radius 3 is 0.975 bits per heavy atom. The van der Waals surface area contributed by atoms with Gasteiger partial charge in [-0.15, -0.1) is 0 Å². The smallest absolute Gasteiger partial charge is 0.0111 e. The quantitative estimate of drug-likeness (QED) is 0.187. The van der Waals surface area contributed by atoms with Gasteiger partial charge in [-0.1, -0.05) is 182 Å². The van der Waals surface area contributed by atoms with Crippen molar-refractivity contribution in [2.45, 2.75) is 0 Å². The topological polar surface area (TPSA) is 0 Å². The lowest BCUT2D eigenvalue weighted by Crippen LogP contribution is -1.86. The van der Waals surface area contributed by atoms with Crippen LogP contribution in [0.2, 0.25) is 0 Å². The van der Waals surface area contributed by atoms with E-state index >= 15 is 0 Å². The van der Waals surface area contributed by atoms with Gasteiger partial charge in [0.25, 0.3) is 0 Å². The maximum absolute atomic E-state index is 2.22. The zero-order valence-corrected chi connectivity index (χ0v) is 22.3. The van der Waals surface area contributed by atoms with E-state index < -0.39 is 0 Å². The molecule has 0 saturated heterocycles. The highest BCUT2D eigenvalue weighted by Crippen LogP contribution is 2.31. The number of hydrogen-bond donors (Lipinski definition) is 0. The van der Waals surface area contributed by atoms with E-state index in [-0.39, 0.29) is 0 Å². The Labute approximate surface area is 237 Å². The fourth-order valence-corrected chi connectivity index (χ4v) is 5.00. The highest BCUT2D eigenvalue weighted by molar-refractivity contribution is 5.83. The lowest BCUT2D eigenvalue weighted by Gasteiger charge is -2.10. The van der Waals surface area contributed by atoms with Crippen molar-refractivity contribution in [3.8, 4) is 33.4 Å². The summed E-state index contributed by atoms with van der Waals surface area (Å²) in [5.74, 6) is 0. The molecule has 0 aliphatic heterocycles. The average Bonchev–Trinajstić information content (AvgIpc) is 3.04. The van der Waals surface area contributed by atoms with Gasteiger partial charge in [0.15, 0.2) is 0 Å². The van der Waals surface area contributed by atoms with Crippen molar-refractivity contribution < 1.29 is 0 Å². The van der Waals surface area contributed by atoms with Crippen molar-refractivity contribution in [3.05, 3.63) is 180 Å². The molecule has 0 radical (unpaired) electrons. The summed E-state index contributed by atoms with van der Waals surface area (Å²) in [5.41, 5.74) is 12.1. The second kappa shape index (κ2) is 12.1. The second-order valence-corrected chi connectivity index (χ2v) is 9.82. The maximum atomic E-state index is 2.22. The molecule has 190 valence electrons. The Kier molecular flexibility index (Phi) is 7.60. The zero-order valence-electron chi connectivity index (χ0n) is 22.3. The molecule has 0 atom stereocenters.